The molecular weight excluding hydrogens is 260 g/mol. The highest BCUT2D eigenvalue weighted by atomic mass is 16.2. The summed E-state index contributed by atoms with van der Waals surface area (Å²) in [6.07, 6.45) is 6.67. The van der Waals surface area contributed by atoms with Gasteiger partial charge in [-0.1, -0.05) is 38.8 Å². The minimum absolute atomic E-state index is 0.256. The zero-order chi connectivity index (χ0) is 15.1. The number of carbonyl (C=O) groups is 1. The van der Waals surface area contributed by atoms with E-state index < -0.39 is 0 Å². The van der Waals surface area contributed by atoms with Crippen LogP contribution >= 0.6 is 0 Å². The largest absolute Gasteiger partial charge is 0.312 e. The van der Waals surface area contributed by atoms with Crippen LogP contribution in [-0.2, 0) is 11.3 Å². The lowest BCUT2D eigenvalue weighted by atomic mass is 10.1. The molecule has 1 atom stereocenters. The lowest BCUT2D eigenvalue weighted by molar-refractivity contribution is -0.117. The van der Waals surface area contributed by atoms with Gasteiger partial charge in [-0.05, 0) is 37.0 Å². The van der Waals surface area contributed by atoms with Crippen LogP contribution in [0.3, 0.4) is 0 Å². The Balaban J connectivity index is 1.85. The molecule has 1 aliphatic rings. The Morgan fingerprint density at radius 2 is 2.00 bits per heavy atom. The predicted octanol–water partition coefficient (Wildman–Crippen LogP) is 3.87. The van der Waals surface area contributed by atoms with Crippen molar-refractivity contribution in [2.24, 2.45) is 0 Å². The summed E-state index contributed by atoms with van der Waals surface area (Å²) < 4.78 is 0. The maximum atomic E-state index is 11.7. The van der Waals surface area contributed by atoms with Crippen LogP contribution in [0.5, 0.6) is 0 Å². The summed E-state index contributed by atoms with van der Waals surface area (Å²) in [5, 5.41) is 3.64. The van der Waals surface area contributed by atoms with Crippen molar-refractivity contribution in [1.29, 1.82) is 0 Å². The Kier molecular flexibility index (Phi) is 6.24. The molecule has 0 bridgehead atoms. The lowest BCUT2D eigenvalue weighted by Crippen LogP contribution is -2.28. The van der Waals surface area contributed by atoms with E-state index in [1.165, 1.54) is 31.2 Å². The molecule has 1 fully saturated rings. The zero-order valence-corrected chi connectivity index (χ0v) is 13.4. The van der Waals surface area contributed by atoms with Crippen molar-refractivity contribution < 1.29 is 4.79 Å². The SMILES string of the molecule is CCCCC(CC)NCc1ccc(N2CCCC2=O)cc1. The van der Waals surface area contributed by atoms with Crippen LogP contribution in [0.4, 0.5) is 5.69 Å². The van der Waals surface area contributed by atoms with E-state index in [0.717, 1.165) is 25.2 Å². The first-order chi connectivity index (χ1) is 10.2. The molecule has 0 aromatic heterocycles. The van der Waals surface area contributed by atoms with E-state index in [1.54, 1.807) is 0 Å². The molecule has 1 aromatic carbocycles. The van der Waals surface area contributed by atoms with Crippen LogP contribution in [0.2, 0.25) is 0 Å². The van der Waals surface area contributed by atoms with Gasteiger partial charge in [0.1, 0.15) is 0 Å². The summed E-state index contributed by atoms with van der Waals surface area (Å²) in [5.41, 5.74) is 2.33. The molecule has 1 amide bonds. The van der Waals surface area contributed by atoms with E-state index in [1.807, 2.05) is 4.90 Å². The molecule has 0 radical (unpaired) electrons. The molecular formula is C18H28N2O. The van der Waals surface area contributed by atoms with Crippen LogP contribution in [-0.4, -0.2) is 18.5 Å². The van der Waals surface area contributed by atoms with E-state index in [2.05, 4.69) is 43.4 Å². The monoisotopic (exact) mass is 288 g/mol. The van der Waals surface area contributed by atoms with Gasteiger partial charge in [0.25, 0.3) is 0 Å². The first-order valence-electron chi connectivity index (χ1n) is 8.37. The fourth-order valence-corrected chi connectivity index (χ4v) is 2.88. The average molecular weight is 288 g/mol. The quantitative estimate of drug-likeness (QED) is 0.787. The van der Waals surface area contributed by atoms with E-state index in [4.69, 9.17) is 0 Å². The number of benzene rings is 1. The maximum absolute atomic E-state index is 11.7. The van der Waals surface area contributed by atoms with E-state index >= 15 is 0 Å². The smallest absolute Gasteiger partial charge is 0.227 e. The summed E-state index contributed by atoms with van der Waals surface area (Å²) in [4.78, 5) is 13.6. The average Bonchev–Trinajstić information content (AvgIpc) is 2.94. The molecule has 1 unspecified atom stereocenters. The minimum Gasteiger partial charge on any atom is -0.312 e. The van der Waals surface area contributed by atoms with E-state index in [0.29, 0.717) is 12.5 Å². The fraction of sp³-hybridized carbons (Fsp3) is 0.611. The third-order valence-corrected chi connectivity index (χ3v) is 4.32. The second-order valence-corrected chi connectivity index (χ2v) is 5.94. The van der Waals surface area contributed by atoms with Crippen molar-refractivity contribution in [2.75, 3.05) is 11.4 Å². The number of unbranched alkanes of at least 4 members (excludes halogenated alkanes) is 1. The highest BCUT2D eigenvalue weighted by Crippen LogP contribution is 2.21. The van der Waals surface area contributed by atoms with Crippen molar-refractivity contribution in [3.63, 3.8) is 0 Å². The topological polar surface area (TPSA) is 32.3 Å². The van der Waals surface area contributed by atoms with Gasteiger partial charge in [-0.25, -0.2) is 0 Å². The Morgan fingerprint density at radius 3 is 2.57 bits per heavy atom. The normalized spacial score (nSPS) is 16.5. The molecule has 0 spiro atoms. The standard InChI is InChI=1S/C18H28N2O/c1-3-5-7-16(4-2)19-14-15-9-11-17(12-10-15)20-13-6-8-18(20)21/h9-12,16,19H,3-8,13-14H2,1-2H3. The third kappa shape index (κ3) is 4.57. The van der Waals surface area contributed by atoms with Gasteiger partial charge in [0.2, 0.25) is 5.91 Å². The van der Waals surface area contributed by atoms with Gasteiger partial charge in [0, 0.05) is 31.2 Å². The van der Waals surface area contributed by atoms with Gasteiger partial charge in [-0.2, -0.15) is 0 Å². The maximum Gasteiger partial charge on any atom is 0.227 e. The van der Waals surface area contributed by atoms with Crippen LogP contribution in [0, 0.1) is 0 Å². The summed E-state index contributed by atoms with van der Waals surface area (Å²) in [5.74, 6) is 0.256. The number of hydrogen-bond acceptors (Lipinski definition) is 2. The Bertz CT molecular complexity index is 441. The van der Waals surface area contributed by atoms with Gasteiger partial charge in [0.15, 0.2) is 0 Å². The van der Waals surface area contributed by atoms with Crippen molar-refractivity contribution in [2.45, 2.75) is 65.0 Å². The number of rotatable bonds is 8. The molecule has 3 heteroatoms. The second-order valence-electron chi connectivity index (χ2n) is 5.94. The van der Waals surface area contributed by atoms with Gasteiger partial charge < -0.3 is 10.2 Å². The first-order valence-corrected chi connectivity index (χ1v) is 8.37. The molecule has 1 heterocycles. The predicted molar refractivity (Wildman–Crippen MR) is 88.5 cm³/mol. The number of nitrogens with one attached hydrogen (secondary N) is 1. The van der Waals surface area contributed by atoms with Crippen LogP contribution in [0.1, 0.15) is 57.9 Å². The molecule has 1 aliphatic heterocycles. The summed E-state index contributed by atoms with van der Waals surface area (Å²) in [6.45, 7) is 6.27. The fourth-order valence-electron chi connectivity index (χ4n) is 2.88. The number of carbonyl (C=O) groups excluding carboxylic acids is 1. The van der Waals surface area contributed by atoms with Crippen molar-refractivity contribution >= 4 is 11.6 Å². The van der Waals surface area contributed by atoms with Crippen LogP contribution in [0.15, 0.2) is 24.3 Å². The van der Waals surface area contributed by atoms with Gasteiger partial charge in [-0.3, -0.25) is 4.79 Å². The third-order valence-electron chi connectivity index (χ3n) is 4.32. The number of hydrogen-bond donors (Lipinski definition) is 1. The Morgan fingerprint density at radius 1 is 1.24 bits per heavy atom. The Labute approximate surface area is 128 Å². The molecule has 116 valence electrons. The van der Waals surface area contributed by atoms with Crippen molar-refractivity contribution in [3.8, 4) is 0 Å². The molecule has 1 saturated heterocycles. The summed E-state index contributed by atoms with van der Waals surface area (Å²) in [7, 11) is 0. The van der Waals surface area contributed by atoms with E-state index in [-0.39, 0.29) is 5.91 Å². The van der Waals surface area contributed by atoms with Crippen LogP contribution < -0.4 is 10.2 Å². The van der Waals surface area contributed by atoms with Crippen molar-refractivity contribution in [3.05, 3.63) is 29.8 Å². The van der Waals surface area contributed by atoms with E-state index in [9.17, 15) is 4.79 Å². The molecule has 1 N–H and O–H groups in total. The second kappa shape index (κ2) is 8.18. The zero-order valence-electron chi connectivity index (χ0n) is 13.4. The summed E-state index contributed by atoms with van der Waals surface area (Å²) in [6, 6.07) is 9.05. The highest BCUT2D eigenvalue weighted by molar-refractivity contribution is 5.95. The number of nitrogens with zero attached hydrogens (tertiary/aromatic N) is 1. The molecule has 0 aliphatic carbocycles. The molecule has 2 rings (SSSR count). The molecule has 1 aromatic rings. The van der Waals surface area contributed by atoms with Gasteiger partial charge in [0.05, 0.1) is 0 Å². The molecule has 0 saturated carbocycles. The summed E-state index contributed by atoms with van der Waals surface area (Å²) >= 11 is 0. The first kappa shape index (κ1) is 16.0. The number of anilines is 1. The Hall–Kier alpha value is -1.35. The van der Waals surface area contributed by atoms with Crippen LogP contribution in [0.25, 0.3) is 0 Å². The number of amides is 1. The van der Waals surface area contributed by atoms with Gasteiger partial charge >= 0.3 is 0 Å². The molecule has 21 heavy (non-hydrogen) atoms. The van der Waals surface area contributed by atoms with Gasteiger partial charge in [-0.15, -0.1) is 0 Å². The lowest BCUT2D eigenvalue weighted by Gasteiger charge is -2.18. The van der Waals surface area contributed by atoms with Crippen molar-refractivity contribution in [1.82, 2.24) is 5.32 Å². The highest BCUT2D eigenvalue weighted by Gasteiger charge is 2.21. The molecule has 3 nitrogen and oxygen atoms in total. The minimum atomic E-state index is 0.256.